The zero-order chi connectivity index (χ0) is 20.7. The number of amides is 1. The summed E-state index contributed by atoms with van der Waals surface area (Å²) >= 11 is 0. The highest BCUT2D eigenvalue weighted by molar-refractivity contribution is 5.99. The summed E-state index contributed by atoms with van der Waals surface area (Å²) in [5.74, 6) is -1.17. The number of carbonyl (C=O) groups excluding carboxylic acids is 1. The second-order valence-corrected chi connectivity index (χ2v) is 7.42. The van der Waals surface area contributed by atoms with Crippen LogP contribution in [0.1, 0.15) is 38.5 Å². The van der Waals surface area contributed by atoms with Crippen molar-refractivity contribution in [2.24, 2.45) is 0 Å². The maximum atomic E-state index is 12.5. The molecule has 3 aromatic carbocycles. The molecule has 6 heteroatoms. The van der Waals surface area contributed by atoms with Crippen molar-refractivity contribution in [2.45, 2.75) is 19.1 Å². The summed E-state index contributed by atoms with van der Waals surface area (Å²) in [7, 11) is 0. The predicted octanol–water partition coefficient (Wildman–Crippen LogP) is 4.78. The summed E-state index contributed by atoms with van der Waals surface area (Å²) in [6.45, 7) is 0.936. The molecular formula is C24H19NO5. The Morgan fingerprint density at radius 1 is 0.967 bits per heavy atom. The second kappa shape index (κ2) is 7.31. The van der Waals surface area contributed by atoms with Crippen LogP contribution in [-0.4, -0.2) is 23.8 Å². The molecule has 6 nitrogen and oxygen atoms in total. The van der Waals surface area contributed by atoms with Crippen molar-refractivity contribution in [2.75, 3.05) is 11.9 Å². The van der Waals surface area contributed by atoms with Crippen LogP contribution in [0.25, 0.3) is 11.1 Å². The lowest BCUT2D eigenvalue weighted by molar-refractivity contribution is 0.0698. The minimum atomic E-state index is -1.11. The molecule has 0 spiro atoms. The molecule has 0 saturated carbocycles. The normalized spacial score (nSPS) is 14.0. The molecule has 5 rings (SSSR count). The molecule has 1 aliphatic heterocycles. The fourth-order valence-corrected chi connectivity index (χ4v) is 4.25. The van der Waals surface area contributed by atoms with Crippen molar-refractivity contribution in [3.05, 3.63) is 88.5 Å². The predicted molar refractivity (Wildman–Crippen MR) is 111 cm³/mol. The highest BCUT2D eigenvalue weighted by Crippen LogP contribution is 2.44. The van der Waals surface area contributed by atoms with Crippen LogP contribution in [0.15, 0.2) is 60.7 Å². The van der Waals surface area contributed by atoms with E-state index < -0.39 is 12.1 Å². The number of hydrogen-bond acceptors (Lipinski definition) is 4. The monoisotopic (exact) mass is 401 g/mol. The van der Waals surface area contributed by atoms with Crippen molar-refractivity contribution >= 4 is 17.7 Å². The fraction of sp³-hybridized carbons (Fsp3) is 0.167. The summed E-state index contributed by atoms with van der Waals surface area (Å²) in [6.07, 6.45) is -0.682. The van der Waals surface area contributed by atoms with E-state index in [2.05, 4.69) is 17.4 Å². The average Bonchev–Trinajstić information content (AvgIpc) is 3.33. The van der Waals surface area contributed by atoms with Crippen LogP contribution in [0.2, 0.25) is 0 Å². The number of fused-ring (bicyclic) bond motifs is 4. The summed E-state index contributed by atoms with van der Waals surface area (Å²) in [5, 5.41) is 12.1. The van der Waals surface area contributed by atoms with Gasteiger partial charge in [-0.3, -0.25) is 5.32 Å². The summed E-state index contributed by atoms with van der Waals surface area (Å²) < 4.78 is 10.9. The van der Waals surface area contributed by atoms with Crippen molar-refractivity contribution in [1.82, 2.24) is 0 Å². The zero-order valence-electron chi connectivity index (χ0n) is 16.1. The van der Waals surface area contributed by atoms with Gasteiger partial charge >= 0.3 is 12.1 Å². The third-order valence-electron chi connectivity index (χ3n) is 5.67. The van der Waals surface area contributed by atoms with Crippen LogP contribution in [-0.2, 0) is 22.7 Å². The van der Waals surface area contributed by atoms with Gasteiger partial charge in [0.2, 0.25) is 0 Å². The lowest BCUT2D eigenvalue weighted by Crippen LogP contribution is -2.19. The van der Waals surface area contributed by atoms with Crippen LogP contribution in [0, 0.1) is 0 Å². The number of carbonyl (C=O) groups is 2. The highest BCUT2D eigenvalue weighted by atomic mass is 16.5. The van der Waals surface area contributed by atoms with Gasteiger partial charge in [-0.05, 0) is 45.5 Å². The number of aromatic carboxylic acids is 1. The maximum absolute atomic E-state index is 12.5. The Kier molecular flexibility index (Phi) is 4.48. The molecule has 0 fully saturated rings. The Bertz CT molecular complexity index is 1120. The second-order valence-electron chi connectivity index (χ2n) is 7.42. The van der Waals surface area contributed by atoms with Gasteiger partial charge in [0.1, 0.15) is 6.61 Å². The number of carboxylic acid groups (broad SMARTS) is 1. The van der Waals surface area contributed by atoms with Gasteiger partial charge in [-0.2, -0.15) is 0 Å². The van der Waals surface area contributed by atoms with Crippen LogP contribution in [0.4, 0.5) is 10.5 Å². The number of carboxylic acids is 1. The van der Waals surface area contributed by atoms with E-state index in [1.54, 1.807) is 12.1 Å². The number of hydrogen-bond donors (Lipinski definition) is 2. The van der Waals surface area contributed by atoms with Crippen LogP contribution >= 0.6 is 0 Å². The minimum Gasteiger partial charge on any atom is -0.478 e. The number of rotatable bonds is 4. The first-order valence-electron chi connectivity index (χ1n) is 9.70. The van der Waals surface area contributed by atoms with E-state index in [1.165, 1.54) is 0 Å². The largest absolute Gasteiger partial charge is 0.478 e. The van der Waals surface area contributed by atoms with Gasteiger partial charge < -0.3 is 14.6 Å². The summed E-state index contributed by atoms with van der Waals surface area (Å²) in [5.41, 5.74) is 6.46. The topological polar surface area (TPSA) is 84.9 Å². The van der Waals surface area contributed by atoms with Gasteiger partial charge in [0.05, 0.1) is 24.5 Å². The first kappa shape index (κ1) is 18.4. The fourth-order valence-electron chi connectivity index (χ4n) is 4.25. The van der Waals surface area contributed by atoms with Gasteiger partial charge in [-0.25, -0.2) is 9.59 Å². The van der Waals surface area contributed by atoms with E-state index in [0.717, 1.165) is 33.4 Å². The molecule has 30 heavy (non-hydrogen) atoms. The van der Waals surface area contributed by atoms with Crippen molar-refractivity contribution in [1.29, 1.82) is 0 Å². The van der Waals surface area contributed by atoms with E-state index in [9.17, 15) is 14.7 Å². The Hall–Kier alpha value is -3.64. The standard InChI is InChI=1S/C24H19NO5/c26-23(27)20-9-14-11-29-12-15(14)10-22(20)25-24(28)30-13-21-18-7-3-1-5-16(18)17-6-2-4-8-19(17)21/h1-10,21H,11-13H2,(H,25,28)(H,26,27). The first-order chi connectivity index (χ1) is 14.6. The minimum absolute atomic E-state index is 0.0211. The number of anilines is 1. The van der Waals surface area contributed by atoms with Gasteiger partial charge in [0, 0.05) is 5.92 Å². The number of benzene rings is 3. The quantitative estimate of drug-likeness (QED) is 0.657. The molecule has 1 aliphatic carbocycles. The van der Waals surface area contributed by atoms with E-state index in [-0.39, 0.29) is 23.8 Å². The van der Waals surface area contributed by atoms with Gasteiger partial charge in [0.15, 0.2) is 0 Å². The molecule has 150 valence electrons. The Labute approximate surface area is 173 Å². The molecule has 2 N–H and O–H groups in total. The van der Waals surface area contributed by atoms with Crippen molar-refractivity contribution in [3.8, 4) is 11.1 Å². The SMILES string of the molecule is O=C(Nc1cc2c(cc1C(=O)O)COC2)OCC1c2ccccc2-c2ccccc21. The molecule has 0 saturated heterocycles. The molecule has 0 aromatic heterocycles. The lowest BCUT2D eigenvalue weighted by atomic mass is 9.98. The third kappa shape index (κ3) is 3.11. The van der Waals surface area contributed by atoms with Gasteiger partial charge in [-0.15, -0.1) is 0 Å². The van der Waals surface area contributed by atoms with Crippen molar-refractivity contribution in [3.63, 3.8) is 0 Å². The van der Waals surface area contributed by atoms with Crippen molar-refractivity contribution < 1.29 is 24.2 Å². The molecule has 0 radical (unpaired) electrons. The average molecular weight is 401 g/mol. The summed E-state index contributed by atoms with van der Waals surface area (Å²) in [6, 6.07) is 19.4. The van der Waals surface area contributed by atoms with Crippen LogP contribution < -0.4 is 5.32 Å². The van der Waals surface area contributed by atoms with E-state index in [1.807, 2.05) is 36.4 Å². The molecule has 0 bridgehead atoms. The molecule has 0 unspecified atom stereocenters. The van der Waals surface area contributed by atoms with E-state index in [4.69, 9.17) is 9.47 Å². The zero-order valence-corrected chi connectivity index (χ0v) is 16.1. The Morgan fingerprint density at radius 3 is 2.20 bits per heavy atom. The molecule has 1 heterocycles. The van der Waals surface area contributed by atoms with Gasteiger partial charge in [0.25, 0.3) is 0 Å². The van der Waals surface area contributed by atoms with E-state index in [0.29, 0.717) is 13.2 Å². The van der Waals surface area contributed by atoms with Crippen LogP contribution in [0.5, 0.6) is 0 Å². The third-order valence-corrected chi connectivity index (χ3v) is 5.67. The maximum Gasteiger partial charge on any atom is 0.411 e. The first-order valence-corrected chi connectivity index (χ1v) is 9.70. The molecular weight excluding hydrogens is 382 g/mol. The Balaban J connectivity index is 1.35. The molecule has 2 aliphatic rings. The van der Waals surface area contributed by atoms with E-state index >= 15 is 0 Å². The molecule has 1 amide bonds. The number of nitrogens with one attached hydrogen (secondary N) is 1. The molecule has 0 atom stereocenters. The molecule has 3 aromatic rings. The Morgan fingerprint density at radius 2 is 1.57 bits per heavy atom. The van der Waals surface area contributed by atoms with Crippen LogP contribution in [0.3, 0.4) is 0 Å². The smallest absolute Gasteiger partial charge is 0.411 e. The van der Waals surface area contributed by atoms with Gasteiger partial charge in [-0.1, -0.05) is 48.5 Å². The highest BCUT2D eigenvalue weighted by Gasteiger charge is 2.29. The summed E-state index contributed by atoms with van der Waals surface area (Å²) in [4.78, 5) is 24.1. The number of ether oxygens (including phenoxy) is 2. The lowest BCUT2D eigenvalue weighted by Gasteiger charge is -2.15.